The smallest absolute Gasteiger partial charge is 0.289 e. The third-order valence-corrected chi connectivity index (χ3v) is 5.77. The van der Waals surface area contributed by atoms with Crippen LogP contribution in [0.5, 0.6) is 0 Å². The van der Waals surface area contributed by atoms with Gasteiger partial charge in [-0.2, -0.15) is 0 Å². The maximum Gasteiger partial charge on any atom is 0.289 e. The molecule has 154 valence electrons. The number of amides is 2. The standard InChI is InChI=1S/C25H26N2O3/c28-24(21-13-15-27(16-14-21)25(29)23-12-7-17-30-23)26-18-22(19-8-3-1-4-9-19)20-10-5-2-6-11-20/h1-12,17,21-22H,13-16,18H2,(H,26,28). The van der Waals surface area contributed by atoms with E-state index in [2.05, 4.69) is 29.6 Å². The molecule has 4 rings (SSSR count). The second kappa shape index (κ2) is 9.44. The van der Waals surface area contributed by atoms with Crippen molar-refractivity contribution in [2.45, 2.75) is 18.8 Å². The van der Waals surface area contributed by atoms with Crippen LogP contribution in [0, 0.1) is 5.92 Å². The van der Waals surface area contributed by atoms with E-state index in [0.717, 1.165) is 0 Å². The summed E-state index contributed by atoms with van der Waals surface area (Å²) < 4.78 is 5.20. The predicted octanol–water partition coefficient (Wildman–Crippen LogP) is 4.08. The van der Waals surface area contributed by atoms with Crippen molar-refractivity contribution in [1.29, 1.82) is 0 Å². The molecule has 1 aliphatic rings. The Kier molecular flexibility index (Phi) is 6.28. The van der Waals surface area contributed by atoms with Crippen molar-refractivity contribution in [3.05, 3.63) is 95.9 Å². The first-order valence-corrected chi connectivity index (χ1v) is 10.4. The second-order valence-electron chi connectivity index (χ2n) is 7.66. The Labute approximate surface area is 176 Å². The Bertz CT molecular complexity index is 907. The average Bonchev–Trinajstić information content (AvgIpc) is 3.35. The molecule has 1 aromatic heterocycles. The summed E-state index contributed by atoms with van der Waals surface area (Å²) >= 11 is 0. The van der Waals surface area contributed by atoms with Gasteiger partial charge in [-0.15, -0.1) is 0 Å². The van der Waals surface area contributed by atoms with Gasteiger partial charge in [-0.05, 0) is 36.1 Å². The summed E-state index contributed by atoms with van der Waals surface area (Å²) in [4.78, 5) is 27.0. The summed E-state index contributed by atoms with van der Waals surface area (Å²) in [5.74, 6) is 0.352. The third-order valence-electron chi connectivity index (χ3n) is 5.77. The highest BCUT2D eigenvalue weighted by atomic mass is 16.3. The van der Waals surface area contributed by atoms with Crippen LogP contribution in [0.15, 0.2) is 83.5 Å². The lowest BCUT2D eigenvalue weighted by molar-refractivity contribution is -0.126. The molecule has 1 N–H and O–H groups in total. The fourth-order valence-corrected chi connectivity index (χ4v) is 4.05. The van der Waals surface area contributed by atoms with Gasteiger partial charge >= 0.3 is 0 Å². The van der Waals surface area contributed by atoms with Crippen LogP contribution in [0.25, 0.3) is 0 Å². The van der Waals surface area contributed by atoms with Crippen LogP contribution in [0.3, 0.4) is 0 Å². The summed E-state index contributed by atoms with van der Waals surface area (Å²) in [5.41, 5.74) is 2.37. The number of hydrogen-bond acceptors (Lipinski definition) is 3. The van der Waals surface area contributed by atoms with E-state index in [1.54, 1.807) is 17.0 Å². The molecule has 5 heteroatoms. The van der Waals surface area contributed by atoms with E-state index < -0.39 is 0 Å². The quantitative estimate of drug-likeness (QED) is 0.676. The van der Waals surface area contributed by atoms with E-state index in [1.165, 1.54) is 17.4 Å². The minimum absolute atomic E-state index is 0.0666. The lowest BCUT2D eigenvalue weighted by Crippen LogP contribution is -2.43. The predicted molar refractivity (Wildman–Crippen MR) is 115 cm³/mol. The van der Waals surface area contributed by atoms with E-state index in [4.69, 9.17) is 4.42 Å². The van der Waals surface area contributed by atoms with Gasteiger partial charge in [0.25, 0.3) is 5.91 Å². The van der Waals surface area contributed by atoms with E-state index in [0.29, 0.717) is 38.2 Å². The molecule has 0 atom stereocenters. The second-order valence-corrected chi connectivity index (χ2v) is 7.66. The highest BCUT2D eigenvalue weighted by Gasteiger charge is 2.29. The van der Waals surface area contributed by atoms with Crippen LogP contribution in [-0.2, 0) is 4.79 Å². The Hall–Kier alpha value is -3.34. The maximum atomic E-state index is 12.8. The van der Waals surface area contributed by atoms with Gasteiger partial charge in [0.05, 0.1) is 6.26 Å². The zero-order valence-corrected chi connectivity index (χ0v) is 16.9. The van der Waals surface area contributed by atoms with Crippen molar-refractivity contribution < 1.29 is 14.0 Å². The van der Waals surface area contributed by atoms with Crippen LogP contribution in [0.1, 0.15) is 40.4 Å². The topological polar surface area (TPSA) is 62.6 Å². The number of benzene rings is 2. The van der Waals surface area contributed by atoms with Crippen LogP contribution in [0.2, 0.25) is 0 Å². The number of piperidine rings is 1. The molecule has 2 amide bonds. The van der Waals surface area contributed by atoms with Gasteiger partial charge < -0.3 is 14.6 Å². The van der Waals surface area contributed by atoms with E-state index in [9.17, 15) is 9.59 Å². The van der Waals surface area contributed by atoms with E-state index >= 15 is 0 Å². The molecule has 0 saturated carbocycles. The minimum atomic E-state index is -0.105. The Morgan fingerprint density at radius 1 is 0.900 bits per heavy atom. The van der Waals surface area contributed by atoms with Crippen LogP contribution >= 0.6 is 0 Å². The van der Waals surface area contributed by atoms with E-state index in [1.807, 2.05) is 36.4 Å². The molecule has 0 unspecified atom stereocenters. The average molecular weight is 402 g/mol. The molecular formula is C25H26N2O3. The SMILES string of the molecule is O=C(NCC(c1ccccc1)c1ccccc1)C1CCN(C(=O)c2ccco2)CC1. The molecule has 30 heavy (non-hydrogen) atoms. The van der Waals surface area contributed by atoms with Gasteiger partial charge in [0.15, 0.2) is 5.76 Å². The maximum absolute atomic E-state index is 12.8. The van der Waals surface area contributed by atoms with Crippen LogP contribution < -0.4 is 5.32 Å². The number of furan rings is 1. The molecular weight excluding hydrogens is 376 g/mol. The van der Waals surface area contributed by atoms with E-state index in [-0.39, 0.29) is 23.7 Å². The van der Waals surface area contributed by atoms with Crippen molar-refractivity contribution >= 4 is 11.8 Å². The van der Waals surface area contributed by atoms with Crippen molar-refractivity contribution in [3.8, 4) is 0 Å². The molecule has 0 spiro atoms. The normalized spacial score (nSPS) is 14.6. The van der Waals surface area contributed by atoms with Gasteiger partial charge in [0.1, 0.15) is 0 Å². The Morgan fingerprint density at radius 3 is 2.03 bits per heavy atom. The Morgan fingerprint density at radius 2 is 1.50 bits per heavy atom. The van der Waals surface area contributed by atoms with Gasteiger partial charge in [-0.3, -0.25) is 9.59 Å². The molecule has 5 nitrogen and oxygen atoms in total. The largest absolute Gasteiger partial charge is 0.459 e. The summed E-state index contributed by atoms with van der Waals surface area (Å²) in [5, 5.41) is 3.16. The summed E-state index contributed by atoms with van der Waals surface area (Å²) in [6, 6.07) is 23.9. The first-order chi connectivity index (χ1) is 14.7. The van der Waals surface area contributed by atoms with Crippen LogP contribution in [-0.4, -0.2) is 36.3 Å². The molecule has 3 aromatic rings. The van der Waals surface area contributed by atoms with Gasteiger partial charge in [0, 0.05) is 31.5 Å². The molecule has 0 bridgehead atoms. The monoisotopic (exact) mass is 402 g/mol. The van der Waals surface area contributed by atoms with Crippen molar-refractivity contribution in [2.75, 3.05) is 19.6 Å². The zero-order chi connectivity index (χ0) is 20.8. The number of carbonyl (C=O) groups is 2. The van der Waals surface area contributed by atoms with Gasteiger partial charge in [0.2, 0.25) is 5.91 Å². The number of rotatable bonds is 6. The number of nitrogens with one attached hydrogen (secondary N) is 1. The molecule has 0 radical (unpaired) electrons. The van der Waals surface area contributed by atoms with Crippen molar-refractivity contribution in [1.82, 2.24) is 10.2 Å². The first-order valence-electron chi connectivity index (χ1n) is 10.4. The number of nitrogens with zero attached hydrogens (tertiary/aromatic N) is 1. The van der Waals surface area contributed by atoms with Crippen LogP contribution in [0.4, 0.5) is 0 Å². The fourth-order valence-electron chi connectivity index (χ4n) is 4.05. The number of hydrogen-bond donors (Lipinski definition) is 1. The highest BCUT2D eigenvalue weighted by Crippen LogP contribution is 2.25. The fraction of sp³-hybridized carbons (Fsp3) is 0.280. The summed E-state index contributed by atoms with van der Waals surface area (Å²) in [7, 11) is 0. The summed E-state index contributed by atoms with van der Waals surface area (Å²) in [6.07, 6.45) is 2.84. The third kappa shape index (κ3) is 4.62. The number of carbonyl (C=O) groups excluding carboxylic acids is 2. The molecule has 1 fully saturated rings. The molecule has 2 heterocycles. The first kappa shape index (κ1) is 20.0. The zero-order valence-electron chi connectivity index (χ0n) is 16.9. The molecule has 0 aliphatic carbocycles. The van der Waals surface area contributed by atoms with Crippen molar-refractivity contribution in [3.63, 3.8) is 0 Å². The summed E-state index contributed by atoms with van der Waals surface area (Å²) in [6.45, 7) is 1.69. The number of likely N-dealkylation sites (tertiary alicyclic amines) is 1. The Balaban J connectivity index is 1.35. The molecule has 1 saturated heterocycles. The minimum Gasteiger partial charge on any atom is -0.459 e. The lowest BCUT2D eigenvalue weighted by Gasteiger charge is -2.31. The highest BCUT2D eigenvalue weighted by molar-refractivity contribution is 5.91. The van der Waals surface area contributed by atoms with Gasteiger partial charge in [-0.25, -0.2) is 0 Å². The molecule has 1 aliphatic heterocycles. The van der Waals surface area contributed by atoms with Crippen molar-refractivity contribution in [2.24, 2.45) is 5.92 Å². The lowest BCUT2D eigenvalue weighted by atomic mass is 9.90. The van der Waals surface area contributed by atoms with Gasteiger partial charge in [-0.1, -0.05) is 60.7 Å². The molecule has 2 aromatic carbocycles.